The first kappa shape index (κ1) is 12.3. The Morgan fingerprint density at radius 1 is 1.61 bits per heavy atom. The van der Waals surface area contributed by atoms with Crippen molar-refractivity contribution in [1.29, 1.82) is 0 Å². The Bertz CT molecular complexity index is 529. The highest BCUT2D eigenvalue weighted by Gasteiger charge is 2.42. The van der Waals surface area contributed by atoms with Crippen LogP contribution in [-0.4, -0.2) is 29.5 Å². The van der Waals surface area contributed by atoms with Gasteiger partial charge in [0, 0.05) is 12.0 Å². The monoisotopic (exact) mass is 253 g/mol. The summed E-state index contributed by atoms with van der Waals surface area (Å²) in [7, 11) is 1.36. The summed E-state index contributed by atoms with van der Waals surface area (Å²) in [5.41, 5.74) is -0.326. The van der Waals surface area contributed by atoms with E-state index in [-0.39, 0.29) is 12.2 Å². The van der Waals surface area contributed by atoms with E-state index in [1.165, 1.54) is 32.2 Å². The van der Waals surface area contributed by atoms with Gasteiger partial charge >= 0.3 is 5.97 Å². The quantitative estimate of drug-likeness (QED) is 0.891. The number of halogens is 1. The summed E-state index contributed by atoms with van der Waals surface area (Å²) < 4.78 is 18.1. The third-order valence-corrected chi connectivity index (χ3v) is 2.80. The van der Waals surface area contributed by atoms with Gasteiger partial charge in [0.2, 0.25) is 5.60 Å². The molecule has 2 rings (SSSR count). The third-order valence-electron chi connectivity index (χ3n) is 2.80. The summed E-state index contributed by atoms with van der Waals surface area (Å²) in [4.78, 5) is 15.9. The molecule has 1 N–H and O–H groups in total. The van der Waals surface area contributed by atoms with Crippen molar-refractivity contribution in [3.8, 4) is 5.75 Å². The van der Waals surface area contributed by atoms with E-state index < -0.39 is 17.4 Å². The molecule has 0 aromatic heterocycles. The van der Waals surface area contributed by atoms with Gasteiger partial charge in [-0.15, -0.1) is 0 Å². The lowest BCUT2D eigenvalue weighted by Gasteiger charge is -2.14. The van der Waals surface area contributed by atoms with Gasteiger partial charge in [0.15, 0.2) is 11.6 Å². The summed E-state index contributed by atoms with van der Waals surface area (Å²) in [5, 5.41) is 12.7. The maximum absolute atomic E-state index is 13.2. The second-order valence-electron chi connectivity index (χ2n) is 4.19. The van der Waals surface area contributed by atoms with E-state index in [0.717, 1.165) is 0 Å². The van der Waals surface area contributed by atoms with Crippen molar-refractivity contribution in [2.24, 2.45) is 5.16 Å². The maximum atomic E-state index is 13.2. The van der Waals surface area contributed by atoms with Crippen LogP contribution >= 0.6 is 0 Å². The number of aliphatic carboxylic acids is 1. The fourth-order valence-corrected chi connectivity index (χ4v) is 1.65. The molecular formula is C12H12FNO4. The molecule has 1 aromatic rings. The molecule has 5 nitrogen and oxygen atoms in total. The highest BCUT2D eigenvalue weighted by molar-refractivity contribution is 6.04. The molecule has 0 radical (unpaired) electrons. The van der Waals surface area contributed by atoms with Crippen LogP contribution in [-0.2, 0) is 9.63 Å². The van der Waals surface area contributed by atoms with E-state index in [1.807, 2.05) is 0 Å². The highest BCUT2D eigenvalue weighted by atomic mass is 19.1. The molecule has 0 fully saturated rings. The van der Waals surface area contributed by atoms with Gasteiger partial charge in [0.25, 0.3) is 0 Å². The number of carboxylic acids is 1. The zero-order valence-corrected chi connectivity index (χ0v) is 9.94. The number of carboxylic acid groups (broad SMARTS) is 1. The lowest BCUT2D eigenvalue weighted by molar-refractivity contribution is -0.160. The summed E-state index contributed by atoms with van der Waals surface area (Å²) in [5.74, 6) is -1.49. The largest absolute Gasteiger partial charge is 0.494 e. The van der Waals surface area contributed by atoms with Crippen molar-refractivity contribution in [1.82, 2.24) is 0 Å². The fourth-order valence-electron chi connectivity index (χ4n) is 1.65. The molecule has 1 aliphatic heterocycles. The normalized spacial score (nSPS) is 22.3. The Morgan fingerprint density at radius 2 is 2.33 bits per heavy atom. The molecule has 96 valence electrons. The first-order valence-corrected chi connectivity index (χ1v) is 5.28. The number of hydrogen-bond acceptors (Lipinski definition) is 4. The molecule has 0 unspecified atom stereocenters. The zero-order valence-electron chi connectivity index (χ0n) is 9.94. The molecule has 1 heterocycles. The van der Waals surface area contributed by atoms with Crippen LogP contribution in [0.3, 0.4) is 0 Å². The molecule has 0 spiro atoms. The van der Waals surface area contributed by atoms with Gasteiger partial charge in [0.1, 0.15) is 0 Å². The van der Waals surface area contributed by atoms with Crippen molar-refractivity contribution in [2.75, 3.05) is 7.11 Å². The number of carbonyl (C=O) groups is 1. The Kier molecular flexibility index (Phi) is 2.94. The number of rotatable bonds is 3. The van der Waals surface area contributed by atoms with E-state index in [0.29, 0.717) is 11.3 Å². The Morgan fingerprint density at radius 3 is 2.89 bits per heavy atom. The second kappa shape index (κ2) is 4.29. The zero-order chi connectivity index (χ0) is 13.3. The van der Waals surface area contributed by atoms with Crippen molar-refractivity contribution < 1.29 is 23.9 Å². The molecule has 0 saturated heterocycles. The number of benzene rings is 1. The molecule has 1 aromatic carbocycles. The van der Waals surface area contributed by atoms with Crippen molar-refractivity contribution in [3.05, 3.63) is 29.6 Å². The maximum Gasteiger partial charge on any atom is 0.351 e. The Hall–Kier alpha value is -2.11. The van der Waals surface area contributed by atoms with Crippen LogP contribution in [0.1, 0.15) is 18.9 Å². The first-order chi connectivity index (χ1) is 8.46. The predicted octanol–water partition coefficient (Wildman–Crippen LogP) is 1.80. The standard InChI is InChI=1S/C12H12FNO4/c1-12(11(15)16)6-9(14-18-12)7-3-4-8(13)10(5-7)17-2/h3-5H,6H2,1-2H3,(H,15,16)/t12-/m1/s1. The van der Waals surface area contributed by atoms with Crippen molar-refractivity contribution in [2.45, 2.75) is 18.9 Å². The number of methoxy groups -OCH3 is 1. The second-order valence-corrected chi connectivity index (χ2v) is 4.19. The van der Waals surface area contributed by atoms with Crippen LogP contribution in [0.2, 0.25) is 0 Å². The van der Waals surface area contributed by atoms with Crippen LogP contribution < -0.4 is 4.74 Å². The topological polar surface area (TPSA) is 68.1 Å². The summed E-state index contributed by atoms with van der Waals surface area (Å²) in [6.45, 7) is 1.44. The SMILES string of the molecule is COc1cc(C2=NO[C@@](C)(C(=O)O)C2)ccc1F. The van der Waals surface area contributed by atoms with E-state index in [4.69, 9.17) is 14.7 Å². The molecule has 1 atom stereocenters. The van der Waals surface area contributed by atoms with Gasteiger partial charge in [-0.1, -0.05) is 5.16 Å². The van der Waals surface area contributed by atoms with E-state index in [9.17, 15) is 9.18 Å². The molecule has 0 bridgehead atoms. The molecule has 0 aliphatic carbocycles. The lowest BCUT2D eigenvalue weighted by Crippen LogP contribution is -2.35. The minimum Gasteiger partial charge on any atom is -0.494 e. The van der Waals surface area contributed by atoms with Gasteiger partial charge in [0.05, 0.1) is 12.8 Å². The fraction of sp³-hybridized carbons (Fsp3) is 0.333. The van der Waals surface area contributed by atoms with E-state index >= 15 is 0 Å². The molecule has 0 saturated carbocycles. The van der Waals surface area contributed by atoms with Crippen LogP contribution in [0.25, 0.3) is 0 Å². The predicted molar refractivity (Wildman–Crippen MR) is 61.2 cm³/mol. The highest BCUT2D eigenvalue weighted by Crippen LogP contribution is 2.28. The lowest BCUT2D eigenvalue weighted by atomic mass is 9.96. The van der Waals surface area contributed by atoms with Crippen molar-refractivity contribution in [3.63, 3.8) is 0 Å². The average molecular weight is 253 g/mol. The van der Waals surface area contributed by atoms with Crippen LogP contribution in [0.15, 0.2) is 23.4 Å². The summed E-state index contributed by atoms with van der Waals surface area (Å²) >= 11 is 0. The number of nitrogens with zero attached hydrogens (tertiary/aromatic N) is 1. The van der Waals surface area contributed by atoms with Gasteiger partial charge in [-0.2, -0.15) is 0 Å². The average Bonchev–Trinajstić information content (AvgIpc) is 2.74. The van der Waals surface area contributed by atoms with E-state index in [1.54, 1.807) is 0 Å². The van der Waals surface area contributed by atoms with E-state index in [2.05, 4.69) is 5.16 Å². The molecule has 6 heteroatoms. The number of oxime groups is 1. The van der Waals surface area contributed by atoms with Crippen molar-refractivity contribution >= 4 is 11.7 Å². The number of ether oxygens (including phenoxy) is 1. The molecule has 0 amide bonds. The first-order valence-electron chi connectivity index (χ1n) is 5.28. The number of hydrogen-bond donors (Lipinski definition) is 1. The minimum absolute atomic E-state index is 0.0825. The van der Waals surface area contributed by atoms with Gasteiger partial charge in [-0.25, -0.2) is 9.18 Å². The smallest absolute Gasteiger partial charge is 0.351 e. The molecule has 1 aliphatic rings. The van der Waals surface area contributed by atoms with Gasteiger partial charge in [-0.05, 0) is 25.1 Å². The third kappa shape index (κ3) is 2.01. The Balaban J connectivity index is 2.27. The van der Waals surface area contributed by atoms with Crippen LogP contribution in [0, 0.1) is 5.82 Å². The summed E-state index contributed by atoms with van der Waals surface area (Å²) in [6, 6.07) is 4.21. The Labute approximate surface area is 103 Å². The molecule has 18 heavy (non-hydrogen) atoms. The minimum atomic E-state index is -1.36. The summed E-state index contributed by atoms with van der Waals surface area (Å²) in [6.07, 6.45) is 0.122. The van der Waals surface area contributed by atoms with Crippen LogP contribution in [0.4, 0.5) is 4.39 Å². The van der Waals surface area contributed by atoms with Gasteiger partial charge in [-0.3, -0.25) is 0 Å². The van der Waals surface area contributed by atoms with Gasteiger partial charge < -0.3 is 14.7 Å². The van der Waals surface area contributed by atoms with Crippen LogP contribution in [0.5, 0.6) is 5.75 Å². The molecular weight excluding hydrogens is 241 g/mol.